The summed E-state index contributed by atoms with van der Waals surface area (Å²) in [4.78, 5) is 12.4. The molecule has 0 bridgehead atoms. The van der Waals surface area contributed by atoms with Gasteiger partial charge in [0.25, 0.3) is 5.91 Å². The molecule has 0 aliphatic carbocycles. The Labute approximate surface area is 140 Å². The number of carbonyl (C=O) groups excluding carboxylic acids is 1. The Hall–Kier alpha value is -2.26. The first-order valence-corrected chi connectivity index (χ1v) is 8.88. The van der Waals surface area contributed by atoms with Gasteiger partial charge in [-0.3, -0.25) is 4.79 Å². The molecule has 0 saturated carbocycles. The van der Waals surface area contributed by atoms with Crippen LogP contribution in [0.5, 0.6) is 0 Å². The molecule has 0 saturated heterocycles. The summed E-state index contributed by atoms with van der Waals surface area (Å²) in [6.07, 6.45) is 0. The molecule has 3 aromatic rings. The second-order valence-electron chi connectivity index (χ2n) is 5.32. The average molecular weight is 321 g/mol. The topological polar surface area (TPSA) is 29.1 Å². The zero-order valence-electron chi connectivity index (χ0n) is 12.9. The second kappa shape index (κ2) is 7.84. The summed E-state index contributed by atoms with van der Waals surface area (Å²) < 4.78 is 0. The Morgan fingerprint density at radius 3 is 2.48 bits per heavy atom. The van der Waals surface area contributed by atoms with E-state index in [0.29, 0.717) is 6.54 Å². The van der Waals surface area contributed by atoms with E-state index in [4.69, 9.17) is 0 Å². The normalized spacial score (nSPS) is 10.6. The van der Waals surface area contributed by atoms with Gasteiger partial charge < -0.3 is 5.32 Å². The van der Waals surface area contributed by atoms with Crippen LogP contribution in [0.3, 0.4) is 0 Å². The molecule has 0 aromatic heterocycles. The highest BCUT2D eigenvalue weighted by atomic mass is 32.2. The van der Waals surface area contributed by atoms with Crippen LogP contribution < -0.4 is 5.32 Å². The van der Waals surface area contributed by atoms with E-state index in [1.807, 2.05) is 60.3 Å². The Bertz CT molecular complexity index is 781. The van der Waals surface area contributed by atoms with Gasteiger partial charge in [0, 0.05) is 23.6 Å². The predicted octanol–water partition coefficient (Wildman–Crippen LogP) is 4.50. The molecule has 23 heavy (non-hydrogen) atoms. The molecule has 0 aliphatic rings. The van der Waals surface area contributed by atoms with Crippen molar-refractivity contribution >= 4 is 28.4 Å². The lowest BCUT2D eigenvalue weighted by molar-refractivity contribution is 0.0958. The van der Waals surface area contributed by atoms with Crippen LogP contribution in [-0.2, 0) is 5.75 Å². The Morgan fingerprint density at radius 2 is 1.61 bits per heavy atom. The van der Waals surface area contributed by atoms with Crippen LogP contribution in [0.1, 0.15) is 15.9 Å². The fourth-order valence-corrected chi connectivity index (χ4v) is 3.34. The van der Waals surface area contributed by atoms with Gasteiger partial charge in [-0.05, 0) is 22.4 Å². The number of rotatable bonds is 6. The molecule has 1 N–H and O–H groups in total. The summed E-state index contributed by atoms with van der Waals surface area (Å²) in [7, 11) is 0. The molecule has 3 rings (SSSR count). The first kappa shape index (κ1) is 15.6. The molecule has 0 atom stereocenters. The van der Waals surface area contributed by atoms with Crippen molar-refractivity contribution in [3.8, 4) is 0 Å². The minimum Gasteiger partial charge on any atom is -0.351 e. The van der Waals surface area contributed by atoms with Crippen molar-refractivity contribution in [2.45, 2.75) is 5.75 Å². The third-order valence-corrected chi connectivity index (χ3v) is 4.71. The van der Waals surface area contributed by atoms with Crippen molar-refractivity contribution in [3.63, 3.8) is 0 Å². The van der Waals surface area contributed by atoms with Gasteiger partial charge >= 0.3 is 0 Å². The predicted molar refractivity (Wildman–Crippen MR) is 98.9 cm³/mol. The fraction of sp³-hybridized carbons (Fsp3) is 0.150. The van der Waals surface area contributed by atoms with E-state index in [-0.39, 0.29) is 5.91 Å². The van der Waals surface area contributed by atoms with Crippen molar-refractivity contribution in [2.24, 2.45) is 0 Å². The van der Waals surface area contributed by atoms with Gasteiger partial charge in [0.05, 0.1) is 0 Å². The van der Waals surface area contributed by atoms with Gasteiger partial charge in [-0.2, -0.15) is 11.8 Å². The molecule has 3 heteroatoms. The van der Waals surface area contributed by atoms with E-state index < -0.39 is 0 Å². The zero-order chi connectivity index (χ0) is 15.9. The largest absolute Gasteiger partial charge is 0.351 e. The first-order valence-electron chi connectivity index (χ1n) is 7.72. The highest BCUT2D eigenvalue weighted by molar-refractivity contribution is 7.98. The number of hydrogen-bond donors (Lipinski definition) is 1. The number of amides is 1. The SMILES string of the molecule is O=C(NCCSCc1ccccc1)c1cccc2ccccc12. The quantitative estimate of drug-likeness (QED) is 0.677. The van der Waals surface area contributed by atoms with Gasteiger partial charge in [0.1, 0.15) is 0 Å². The van der Waals surface area contributed by atoms with E-state index in [1.165, 1.54) is 5.56 Å². The average Bonchev–Trinajstić information content (AvgIpc) is 2.61. The van der Waals surface area contributed by atoms with Crippen LogP contribution in [0.15, 0.2) is 72.8 Å². The summed E-state index contributed by atoms with van der Waals surface area (Å²) in [6.45, 7) is 0.680. The van der Waals surface area contributed by atoms with Gasteiger partial charge in [0.15, 0.2) is 0 Å². The number of fused-ring (bicyclic) bond motifs is 1. The summed E-state index contributed by atoms with van der Waals surface area (Å²) >= 11 is 1.83. The maximum absolute atomic E-state index is 12.4. The summed E-state index contributed by atoms with van der Waals surface area (Å²) in [5, 5.41) is 5.12. The first-order chi connectivity index (χ1) is 11.3. The Balaban J connectivity index is 1.51. The second-order valence-corrected chi connectivity index (χ2v) is 6.43. The molecule has 0 aliphatic heterocycles. The third-order valence-electron chi connectivity index (χ3n) is 3.68. The lowest BCUT2D eigenvalue weighted by atomic mass is 10.0. The number of thioether (sulfide) groups is 1. The minimum absolute atomic E-state index is 0.00195. The number of benzene rings is 3. The van der Waals surface area contributed by atoms with Gasteiger partial charge in [-0.1, -0.05) is 66.7 Å². The third kappa shape index (κ3) is 4.14. The van der Waals surface area contributed by atoms with E-state index in [2.05, 4.69) is 29.6 Å². The van der Waals surface area contributed by atoms with Gasteiger partial charge in [0.2, 0.25) is 0 Å². The molecular formula is C20H19NOS. The van der Waals surface area contributed by atoms with Crippen molar-refractivity contribution in [3.05, 3.63) is 83.9 Å². The van der Waals surface area contributed by atoms with Crippen LogP contribution in [-0.4, -0.2) is 18.2 Å². The van der Waals surface area contributed by atoms with E-state index in [1.54, 1.807) is 0 Å². The summed E-state index contributed by atoms with van der Waals surface area (Å²) in [6, 6.07) is 24.2. The van der Waals surface area contributed by atoms with Crippen LogP contribution in [0.2, 0.25) is 0 Å². The zero-order valence-corrected chi connectivity index (χ0v) is 13.7. The molecular weight excluding hydrogens is 302 g/mol. The van der Waals surface area contributed by atoms with E-state index >= 15 is 0 Å². The van der Waals surface area contributed by atoms with Crippen LogP contribution in [0, 0.1) is 0 Å². The smallest absolute Gasteiger partial charge is 0.251 e. The standard InChI is InChI=1S/C20H19NOS/c22-20(19-12-6-10-17-9-4-5-11-18(17)19)21-13-14-23-15-16-7-2-1-3-8-16/h1-12H,13-15H2,(H,21,22). The monoisotopic (exact) mass is 321 g/mol. The van der Waals surface area contributed by atoms with E-state index in [9.17, 15) is 4.79 Å². The molecule has 2 nitrogen and oxygen atoms in total. The highest BCUT2D eigenvalue weighted by Crippen LogP contribution is 2.18. The maximum atomic E-state index is 12.4. The lowest BCUT2D eigenvalue weighted by Crippen LogP contribution is -2.25. The number of nitrogens with one attached hydrogen (secondary N) is 1. The van der Waals surface area contributed by atoms with Crippen LogP contribution >= 0.6 is 11.8 Å². The Morgan fingerprint density at radius 1 is 0.870 bits per heavy atom. The molecule has 0 heterocycles. The number of carbonyl (C=O) groups is 1. The minimum atomic E-state index is 0.00195. The molecule has 1 amide bonds. The number of hydrogen-bond acceptors (Lipinski definition) is 2. The fourth-order valence-electron chi connectivity index (χ4n) is 2.52. The van der Waals surface area contributed by atoms with Crippen LogP contribution in [0.25, 0.3) is 10.8 Å². The van der Waals surface area contributed by atoms with Crippen LogP contribution in [0.4, 0.5) is 0 Å². The molecule has 3 aromatic carbocycles. The lowest BCUT2D eigenvalue weighted by Gasteiger charge is -2.08. The molecule has 0 unspecified atom stereocenters. The highest BCUT2D eigenvalue weighted by Gasteiger charge is 2.08. The summed E-state index contributed by atoms with van der Waals surface area (Å²) in [5.41, 5.74) is 2.06. The van der Waals surface area contributed by atoms with E-state index in [0.717, 1.165) is 27.8 Å². The maximum Gasteiger partial charge on any atom is 0.251 e. The molecule has 0 fully saturated rings. The van der Waals surface area contributed by atoms with Crippen molar-refractivity contribution in [2.75, 3.05) is 12.3 Å². The molecule has 116 valence electrons. The summed E-state index contributed by atoms with van der Waals surface area (Å²) in [5.74, 6) is 1.89. The van der Waals surface area contributed by atoms with Crippen molar-refractivity contribution < 1.29 is 4.79 Å². The van der Waals surface area contributed by atoms with Crippen molar-refractivity contribution in [1.82, 2.24) is 5.32 Å². The Kier molecular flexibility index (Phi) is 5.33. The molecule has 0 radical (unpaired) electrons. The van der Waals surface area contributed by atoms with Crippen molar-refractivity contribution in [1.29, 1.82) is 0 Å². The molecule has 0 spiro atoms. The van der Waals surface area contributed by atoms with Gasteiger partial charge in [-0.25, -0.2) is 0 Å². The van der Waals surface area contributed by atoms with Gasteiger partial charge in [-0.15, -0.1) is 0 Å².